The number of hydrogen-bond donors (Lipinski definition) is 2. The number of halogens is 1. The van der Waals surface area contributed by atoms with Crippen LogP contribution in [0.5, 0.6) is 5.75 Å². The summed E-state index contributed by atoms with van der Waals surface area (Å²) >= 11 is 0. The molecular weight excluding hydrogens is 335 g/mol. The number of carbonyl (C=O) groups excluding carboxylic acids is 2. The molecule has 2 aromatic rings. The zero-order chi connectivity index (χ0) is 19.1. The zero-order valence-corrected chi connectivity index (χ0v) is 15.1. The molecule has 2 amide bonds. The molecule has 0 radical (unpaired) electrons. The molecule has 0 aromatic heterocycles. The fourth-order valence-corrected chi connectivity index (χ4v) is 2.48. The number of benzene rings is 2. The maximum Gasteiger partial charge on any atom is 0.255 e. The first kappa shape index (κ1) is 19.4. The van der Waals surface area contributed by atoms with E-state index in [-0.39, 0.29) is 5.92 Å². The van der Waals surface area contributed by atoms with Crippen molar-refractivity contribution in [3.8, 4) is 5.75 Å². The van der Waals surface area contributed by atoms with Crippen molar-refractivity contribution in [2.45, 2.75) is 26.8 Å². The predicted molar refractivity (Wildman–Crippen MR) is 98.7 cm³/mol. The van der Waals surface area contributed by atoms with Gasteiger partial charge in [0, 0.05) is 5.69 Å². The van der Waals surface area contributed by atoms with Crippen LogP contribution in [0.4, 0.5) is 10.1 Å². The molecular formula is C20H23FN2O3. The second-order valence-corrected chi connectivity index (χ2v) is 6.12. The average molecular weight is 358 g/mol. The fraction of sp³-hybridized carbons (Fsp3) is 0.300. The Kier molecular flexibility index (Phi) is 6.72. The van der Waals surface area contributed by atoms with Crippen molar-refractivity contribution in [2.24, 2.45) is 5.92 Å². The fourth-order valence-electron chi connectivity index (χ4n) is 2.48. The van der Waals surface area contributed by atoms with Crippen molar-refractivity contribution in [1.82, 2.24) is 5.32 Å². The SMILES string of the molecule is CCOc1ccccc1C(=O)N[C@H](C(=O)Nc1cccc(F)c1)C(C)C. The van der Waals surface area contributed by atoms with Crippen LogP contribution >= 0.6 is 0 Å². The van der Waals surface area contributed by atoms with Gasteiger partial charge in [0.25, 0.3) is 5.91 Å². The van der Waals surface area contributed by atoms with Crippen LogP contribution in [-0.2, 0) is 4.79 Å². The monoisotopic (exact) mass is 358 g/mol. The lowest BCUT2D eigenvalue weighted by atomic mass is 10.0. The van der Waals surface area contributed by atoms with Gasteiger partial charge in [-0.05, 0) is 43.2 Å². The van der Waals surface area contributed by atoms with Crippen LogP contribution in [0.3, 0.4) is 0 Å². The third-order valence-corrected chi connectivity index (χ3v) is 3.76. The number of amides is 2. The largest absolute Gasteiger partial charge is 0.493 e. The minimum absolute atomic E-state index is 0.160. The summed E-state index contributed by atoms with van der Waals surface area (Å²) in [5.41, 5.74) is 0.697. The van der Waals surface area contributed by atoms with Crippen LogP contribution in [0.2, 0.25) is 0 Å². The predicted octanol–water partition coefficient (Wildman–Crippen LogP) is 3.62. The highest BCUT2D eigenvalue weighted by Crippen LogP contribution is 2.19. The first-order chi connectivity index (χ1) is 12.4. The molecule has 2 N–H and O–H groups in total. The Morgan fingerprint density at radius 3 is 2.50 bits per heavy atom. The first-order valence-corrected chi connectivity index (χ1v) is 8.51. The molecule has 0 unspecified atom stereocenters. The summed E-state index contributed by atoms with van der Waals surface area (Å²) in [6.07, 6.45) is 0. The van der Waals surface area contributed by atoms with Crippen molar-refractivity contribution >= 4 is 17.5 Å². The van der Waals surface area contributed by atoms with Crippen molar-refractivity contribution in [1.29, 1.82) is 0 Å². The van der Waals surface area contributed by atoms with E-state index in [1.54, 1.807) is 30.3 Å². The Hall–Kier alpha value is -2.89. The lowest BCUT2D eigenvalue weighted by Gasteiger charge is -2.22. The number of rotatable bonds is 7. The van der Waals surface area contributed by atoms with Gasteiger partial charge in [-0.1, -0.05) is 32.0 Å². The molecule has 6 heteroatoms. The Labute approximate surface area is 152 Å². The van der Waals surface area contributed by atoms with E-state index in [2.05, 4.69) is 10.6 Å². The molecule has 0 bridgehead atoms. The molecule has 5 nitrogen and oxygen atoms in total. The Balaban J connectivity index is 2.15. The molecule has 0 spiro atoms. The van der Waals surface area contributed by atoms with Gasteiger partial charge in [0.15, 0.2) is 0 Å². The molecule has 0 fully saturated rings. The molecule has 2 rings (SSSR count). The molecule has 1 atom stereocenters. The number of carbonyl (C=O) groups is 2. The van der Waals surface area contributed by atoms with E-state index in [0.29, 0.717) is 23.6 Å². The number of anilines is 1. The van der Waals surface area contributed by atoms with Gasteiger partial charge in [-0.2, -0.15) is 0 Å². The normalized spacial score (nSPS) is 11.7. The van der Waals surface area contributed by atoms with Gasteiger partial charge in [0.05, 0.1) is 12.2 Å². The smallest absolute Gasteiger partial charge is 0.255 e. The van der Waals surface area contributed by atoms with Gasteiger partial charge in [-0.3, -0.25) is 9.59 Å². The third-order valence-electron chi connectivity index (χ3n) is 3.76. The molecule has 26 heavy (non-hydrogen) atoms. The molecule has 0 aliphatic rings. The molecule has 0 aliphatic carbocycles. The van der Waals surface area contributed by atoms with E-state index < -0.39 is 23.7 Å². The summed E-state index contributed by atoms with van der Waals surface area (Å²) in [6, 6.07) is 11.7. The maximum atomic E-state index is 13.3. The van der Waals surface area contributed by atoms with Gasteiger partial charge in [-0.25, -0.2) is 4.39 Å². The van der Waals surface area contributed by atoms with E-state index in [9.17, 15) is 14.0 Å². The van der Waals surface area contributed by atoms with E-state index in [1.807, 2.05) is 20.8 Å². The third kappa shape index (κ3) is 5.05. The number of hydrogen-bond acceptors (Lipinski definition) is 3. The summed E-state index contributed by atoms with van der Waals surface area (Å²) in [6.45, 7) is 5.91. The molecule has 138 valence electrons. The van der Waals surface area contributed by atoms with Gasteiger partial charge in [0.1, 0.15) is 17.6 Å². The van der Waals surface area contributed by atoms with Crippen molar-refractivity contribution < 1.29 is 18.7 Å². The Morgan fingerprint density at radius 1 is 1.12 bits per heavy atom. The lowest BCUT2D eigenvalue weighted by Crippen LogP contribution is -2.47. The van der Waals surface area contributed by atoms with E-state index in [4.69, 9.17) is 4.74 Å². The standard InChI is InChI=1S/C20H23FN2O3/c1-4-26-17-11-6-5-10-16(17)19(24)23-18(13(2)3)20(25)22-15-9-7-8-14(21)12-15/h5-13,18H,4H2,1-3H3,(H,22,25)(H,23,24)/t18-/m0/s1. The van der Waals surface area contributed by atoms with Gasteiger partial charge < -0.3 is 15.4 Å². The van der Waals surface area contributed by atoms with Crippen LogP contribution < -0.4 is 15.4 Å². The number of para-hydroxylation sites is 1. The molecule has 0 heterocycles. The van der Waals surface area contributed by atoms with Crippen LogP contribution in [0, 0.1) is 11.7 Å². The van der Waals surface area contributed by atoms with E-state index >= 15 is 0 Å². The highest BCUT2D eigenvalue weighted by molar-refractivity contribution is 6.02. The summed E-state index contributed by atoms with van der Waals surface area (Å²) in [5, 5.41) is 5.38. The minimum atomic E-state index is -0.777. The second kappa shape index (κ2) is 8.99. The summed E-state index contributed by atoms with van der Waals surface area (Å²) in [7, 11) is 0. The minimum Gasteiger partial charge on any atom is -0.493 e. The number of nitrogens with one attached hydrogen (secondary N) is 2. The highest BCUT2D eigenvalue weighted by Gasteiger charge is 2.26. The van der Waals surface area contributed by atoms with Crippen LogP contribution in [-0.4, -0.2) is 24.5 Å². The van der Waals surface area contributed by atoms with Crippen molar-refractivity contribution in [2.75, 3.05) is 11.9 Å². The molecule has 0 aliphatic heterocycles. The summed E-state index contributed by atoms with van der Waals surface area (Å²) in [5.74, 6) is -0.958. The maximum absolute atomic E-state index is 13.3. The lowest BCUT2D eigenvalue weighted by molar-refractivity contribution is -0.118. The van der Waals surface area contributed by atoms with Gasteiger partial charge in [0.2, 0.25) is 5.91 Å². The van der Waals surface area contributed by atoms with Gasteiger partial charge >= 0.3 is 0 Å². The van der Waals surface area contributed by atoms with Crippen molar-refractivity contribution in [3.63, 3.8) is 0 Å². The van der Waals surface area contributed by atoms with Crippen LogP contribution in [0.1, 0.15) is 31.1 Å². The first-order valence-electron chi connectivity index (χ1n) is 8.51. The van der Waals surface area contributed by atoms with Gasteiger partial charge in [-0.15, -0.1) is 0 Å². The Morgan fingerprint density at radius 2 is 1.85 bits per heavy atom. The van der Waals surface area contributed by atoms with Crippen LogP contribution in [0.15, 0.2) is 48.5 Å². The van der Waals surface area contributed by atoms with E-state index in [1.165, 1.54) is 18.2 Å². The highest BCUT2D eigenvalue weighted by atomic mass is 19.1. The van der Waals surface area contributed by atoms with Crippen molar-refractivity contribution in [3.05, 3.63) is 59.9 Å². The summed E-state index contributed by atoms with van der Waals surface area (Å²) < 4.78 is 18.8. The topological polar surface area (TPSA) is 67.4 Å². The van der Waals surface area contributed by atoms with E-state index in [0.717, 1.165) is 0 Å². The molecule has 0 saturated carbocycles. The second-order valence-electron chi connectivity index (χ2n) is 6.12. The van der Waals surface area contributed by atoms with Crippen LogP contribution in [0.25, 0.3) is 0 Å². The average Bonchev–Trinajstić information content (AvgIpc) is 2.60. The Bertz CT molecular complexity index is 777. The molecule has 0 saturated heterocycles. The zero-order valence-electron chi connectivity index (χ0n) is 15.1. The summed E-state index contributed by atoms with van der Waals surface area (Å²) in [4.78, 5) is 25.2. The quantitative estimate of drug-likeness (QED) is 0.794. The number of ether oxygens (including phenoxy) is 1. The molecule has 2 aromatic carbocycles.